The summed E-state index contributed by atoms with van der Waals surface area (Å²) in [7, 11) is 3.34. The Morgan fingerprint density at radius 2 is 2.00 bits per heavy atom. The molecule has 0 atom stereocenters. The third kappa shape index (κ3) is 2.77. The molecule has 0 radical (unpaired) electrons. The Labute approximate surface area is 133 Å². The Balaban J connectivity index is 1.84. The van der Waals surface area contributed by atoms with E-state index in [-0.39, 0.29) is 11.7 Å². The fourth-order valence-electron chi connectivity index (χ4n) is 2.66. The van der Waals surface area contributed by atoms with Crippen molar-refractivity contribution in [3.63, 3.8) is 0 Å². The summed E-state index contributed by atoms with van der Waals surface area (Å²) in [5.41, 5.74) is 1.99. The van der Waals surface area contributed by atoms with Crippen LogP contribution >= 0.6 is 0 Å². The Morgan fingerprint density at radius 3 is 2.74 bits per heavy atom. The topological polar surface area (TPSA) is 43.3 Å². The Kier molecular flexibility index (Phi) is 4.02. The standard InChI is InChI=1S/C18H17FN2O2/c1-21-15-8-5-7-14(19)13(15)10-16(21)18(22)20-11-12-6-3-4-9-17(12)23-2/h3-10H,11H2,1-2H3,(H,20,22). The van der Waals surface area contributed by atoms with Crippen molar-refractivity contribution in [3.8, 4) is 5.75 Å². The lowest BCUT2D eigenvalue weighted by Gasteiger charge is -2.10. The molecule has 118 valence electrons. The lowest BCUT2D eigenvalue weighted by molar-refractivity contribution is 0.0943. The SMILES string of the molecule is COc1ccccc1CNC(=O)c1cc2c(F)cccc2n1C. The fourth-order valence-corrected chi connectivity index (χ4v) is 2.66. The lowest BCUT2D eigenvalue weighted by atomic mass is 10.2. The number of ether oxygens (including phenoxy) is 1. The van der Waals surface area contributed by atoms with E-state index in [4.69, 9.17) is 4.74 Å². The van der Waals surface area contributed by atoms with E-state index in [2.05, 4.69) is 5.32 Å². The number of amides is 1. The van der Waals surface area contributed by atoms with Crippen molar-refractivity contribution in [2.24, 2.45) is 7.05 Å². The molecule has 23 heavy (non-hydrogen) atoms. The molecule has 0 unspecified atom stereocenters. The highest BCUT2D eigenvalue weighted by molar-refractivity contribution is 5.98. The normalized spacial score (nSPS) is 10.7. The van der Waals surface area contributed by atoms with Gasteiger partial charge < -0.3 is 14.6 Å². The molecule has 3 rings (SSSR count). The number of rotatable bonds is 4. The van der Waals surface area contributed by atoms with E-state index in [1.165, 1.54) is 6.07 Å². The zero-order valence-electron chi connectivity index (χ0n) is 13.0. The summed E-state index contributed by atoms with van der Waals surface area (Å²) in [6, 6.07) is 13.9. The zero-order valence-corrected chi connectivity index (χ0v) is 13.0. The summed E-state index contributed by atoms with van der Waals surface area (Å²) >= 11 is 0. The molecule has 0 saturated carbocycles. The van der Waals surface area contributed by atoms with Gasteiger partial charge in [0.2, 0.25) is 0 Å². The van der Waals surface area contributed by atoms with Gasteiger partial charge in [-0.05, 0) is 24.3 Å². The summed E-state index contributed by atoms with van der Waals surface area (Å²) < 4.78 is 20.8. The minimum Gasteiger partial charge on any atom is -0.496 e. The van der Waals surface area contributed by atoms with Crippen LogP contribution in [-0.4, -0.2) is 17.6 Å². The molecule has 0 aliphatic carbocycles. The van der Waals surface area contributed by atoms with Gasteiger partial charge in [-0.25, -0.2) is 4.39 Å². The molecule has 2 aromatic carbocycles. The van der Waals surface area contributed by atoms with Gasteiger partial charge in [-0.2, -0.15) is 0 Å². The van der Waals surface area contributed by atoms with Gasteiger partial charge in [0.05, 0.1) is 12.6 Å². The summed E-state index contributed by atoms with van der Waals surface area (Å²) in [6.07, 6.45) is 0. The van der Waals surface area contributed by atoms with E-state index in [0.29, 0.717) is 23.1 Å². The summed E-state index contributed by atoms with van der Waals surface area (Å²) in [5.74, 6) is 0.131. The van der Waals surface area contributed by atoms with Crippen molar-refractivity contribution in [2.75, 3.05) is 7.11 Å². The van der Waals surface area contributed by atoms with Crippen molar-refractivity contribution in [2.45, 2.75) is 6.54 Å². The van der Waals surface area contributed by atoms with Crippen LogP contribution < -0.4 is 10.1 Å². The van der Waals surface area contributed by atoms with Crippen LogP contribution in [0.5, 0.6) is 5.75 Å². The third-order valence-electron chi connectivity index (χ3n) is 3.90. The molecule has 0 saturated heterocycles. The molecule has 0 spiro atoms. The maximum absolute atomic E-state index is 13.8. The number of aromatic nitrogens is 1. The molecule has 0 aliphatic rings. The molecule has 1 amide bonds. The first-order valence-electron chi connectivity index (χ1n) is 7.26. The van der Waals surface area contributed by atoms with Crippen LogP contribution in [-0.2, 0) is 13.6 Å². The minimum absolute atomic E-state index is 0.256. The number of hydrogen-bond donors (Lipinski definition) is 1. The van der Waals surface area contributed by atoms with Crippen LogP contribution in [0.15, 0.2) is 48.5 Å². The molecule has 4 nitrogen and oxygen atoms in total. The van der Waals surface area contributed by atoms with Crippen LogP contribution in [0, 0.1) is 5.82 Å². The number of carbonyl (C=O) groups is 1. The first-order chi connectivity index (χ1) is 11.1. The highest BCUT2D eigenvalue weighted by Crippen LogP contribution is 2.22. The van der Waals surface area contributed by atoms with Crippen LogP contribution in [0.25, 0.3) is 10.9 Å². The lowest BCUT2D eigenvalue weighted by Crippen LogP contribution is -2.25. The fraction of sp³-hybridized carbons (Fsp3) is 0.167. The molecular formula is C18H17FN2O2. The van der Waals surface area contributed by atoms with E-state index in [1.54, 1.807) is 36.9 Å². The highest BCUT2D eigenvalue weighted by atomic mass is 19.1. The third-order valence-corrected chi connectivity index (χ3v) is 3.90. The Hall–Kier alpha value is -2.82. The van der Waals surface area contributed by atoms with Crippen molar-refractivity contribution >= 4 is 16.8 Å². The van der Waals surface area contributed by atoms with Crippen molar-refractivity contribution in [1.29, 1.82) is 0 Å². The average molecular weight is 312 g/mol. The van der Waals surface area contributed by atoms with Crippen LogP contribution in [0.2, 0.25) is 0 Å². The maximum atomic E-state index is 13.8. The second-order valence-corrected chi connectivity index (χ2v) is 5.26. The second kappa shape index (κ2) is 6.12. The highest BCUT2D eigenvalue weighted by Gasteiger charge is 2.15. The van der Waals surface area contributed by atoms with E-state index in [1.807, 2.05) is 24.3 Å². The number of fused-ring (bicyclic) bond motifs is 1. The van der Waals surface area contributed by atoms with Crippen molar-refractivity contribution in [3.05, 3.63) is 65.6 Å². The molecular weight excluding hydrogens is 295 g/mol. The van der Waals surface area contributed by atoms with Gasteiger partial charge in [-0.1, -0.05) is 24.3 Å². The number of aryl methyl sites for hydroxylation is 1. The van der Waals surface area contributed by atoms with Crippen molar-refractivity contribution < 1.29 is 13.9 Å². The molecule has 0 bridgehead atoms. The number of halogens is 1. The molecule has 0 aliphatic heterocycles. The van der Waals surface area contributed by atoms with Crippen LogP contribution in [0.1, 0.15) is 16.1 Å². The molecule has 5 heteroatoms. The van der Waals surface area contributed by atoms with Gasteiger partial charge in [0.1, 0.15) is 17.3 Å². The largest absolute Gasteiger partial charge is 0.496 e. The average Bonchev–Trinajstić information content (AvgIpc) is 2.91. The summed E-state index contributed by atoms with van der Waals surface area (Å²) in [5, 5.41) is 3.29. The van der Waals surface area contributed by atoms with Crippen LogP contribution in [0.4, 0.5) is 4.39 Å². The number of benzene rings is 2. The zero-order chi connectivity index (χ0) is 16.4. The number of para-hydroxylation sites is 1. The quantitative estimate of drug-likeness (QED) is 0.803. The Morgan fingerprint density at radius 1 is 1.22 bits per heavy atom. The monoisotopic (exact) mass is 312 g/mol. The number of hydrogen-bond acceptors (Lipinski definition) is 2. The smallest absolute Gasteiger partial charge is 0.268 e. The maximum Gasteiger partial charge on any atom is 0.268 e. The number of nitrogens with zero attached hydrogens (tertiary/aromatic N) is 1. The number of methoxy groups -OCH3 is 1. The van der Waals surface area contributed by atoms with E-state index in [9.17, 15) is 9.18 Å². The minimum atomic E-state index is -0.332. The van der Waals surface area contributed by atoms with E-state index in [0.717, 1.165) is 11.3 Å². The van der Waals surface area contributed by atoms with Crippen LogP contribution in [0.3, 0.4) is 0 Å². The van der Waals surface area contributed by atoms with E-state index < -0.39 is 0 Å². The summed E-state index contributed by atoms with van der Waals surface area (Å²) in [4.78, 5) is 12.4. The van der Waals surface area contributed by atoms with Gasteiger partial charge in [-0.3, -0.25) is 4.79 Å². The second-order valence-electron chi connectivity index (χ2n) is 5.26. The molecule has 3 aromatic rings. The first-order valence-corrected chi connectivity index (χ1v) is 7.26. The van der Waals surface area contributed by atoms with E-state index >= 15 is 0 Å². The predicted octanol–water partition coefficient (Wildman–Crippen LogP) is 3.26. The number of nitrogens with one attached hydrogen (secondary N) is 1. The first kappa shape index (κ1) is 15.1. The molecule has 1 heterocycles. The Bertz CT molecular complexity index is 871. The van der Waals surface area contributed by atoms with Gasteiger partial charge in [0, 0.05) is 24.5 Å². The van der Waals surface area contributed by atoms with Crippen molar-refractivity contribution in [1.82, 2.24) is 9.88 Å². The van der Waals surface area contributed by atoms with Gasteiger partial charge in [0.25, 0.3) is 5.91 Å². The summed E-state index contributed by atoms with van der Waals surface area (Å²) in [6.45, 7) is 0.340. The molecule has 1 N–H and O–H groups in total. The number of carbonyl (C=O) groups excluding carboxylic acids is 1. The molecule has 0 fully saturated rings. The predicted molar refractivity (Wildman–Crippen MR) is 87.0 cm³/mol. The van der Waals surface area contributed by atoms with Gasteiger partial charge in [-0.15, -0.1) is 0 Å². The molecule has 1 aromatic heterocycles. The van der Waals surface area contributed by atoms with Gasteiger partial charge >= 0.3 is 0 Å². The van der Waals surface area contributed by atoms with Gasteiger partial charge in [0.15, 0.2) is 0 Å².